The highest BCUT2D eigenvalue weighted by Gasteiger charge is 2.07. The van der Waals surface area contributed by atoms with E-state index in [2.05, 4.69) is 25.6 Å². The first-order valence-corrected chi connectivity index (χ1v) is 8.71. The van der Waals surface area contributed by atoms with Crippen LogP contribution in [-0.4, -0.2) is 43.8 Å². The highest BCUT2D eigenvalue weighted by molar-refractivity contribution is 5.95. The number of aliphatic hydroxyl groups excluding tert-OH is 1. The Morgan fingerprint density at radius 2 is 2.07 bits per heavy atom. The Balaban J connectivity index is 1.72. The molecule has 0 aliphatic carbocycles. The van der Waals surface area contributed by atoms with Gasteiger partial charge in [0.2, 0.25) is 0 Å². The highest BCUT2D eigenvalue weighted by atomic mass is 16.5. The molecular weight excluding hydrogens is 344 g/mol. The van der Waals surface area contributed by atoms with Crippen molar-refractivity contribution >= 4 is 11.4 Å². The molecule has 0 saturated carbocycles. The van der Waals surface area contributed by atoms with E-state index in [4.69, 9.17) is 9.84 Å². The van der Waals surface area contributed by atoms with Gasteiger partial charge in [0.25, 0.3) is 0 Å². The van der Waals surface area contributed by atoms with E-state index in [-0.39, 0.29) is 6.61 Å². The third-order valence-corrected chi connectivity index (χ3v) is 3.75. The van der Waals surface area contributed by atoms with Gasteiger partial charge in [-0.3, -0.25) is 5.43 Å². The molecule has 0 radical (unpaired) electrons. The topological polar surface area (TPSA) is 97.5 Å². The summed E-state index contributed by atoms with van der Waals surface area (Å²) in [6.07, 6.45) is 5.78. The van der Waals surface area contributed by atoms with Crippen LogP contribution < -0.4 is 10.2 Å². The van der Waals surface area contributed by atoms with Gasteiger partial charge in [-0.25, -0.2) is 14.6 Å². The normalized spacial score (nSPS) is 11.4. The van der Waals surface area contributed by atoms with Crippen molar-refractivity contribution in [3.8, 4) is 11.6 Å². The third kappa shape index (κ3) is 4.89. The van der Waals surface area contributed by atoms with Gasteiger partial charge < -0.3 is 9.84 Å². The average molecular weight is 366 g/mol. The largest absolute Gasteiger partial charge is 0.494 e. The number of nitrogens with zero attached hydrogens (tertiary/aromatic N) is 5. The van der Waals surface area contributed by atoms with Gasteiger partial charge in [-0.1, -0.05) is 0 Å². The number of benzene rings is 1. The van der Waals surface area contributed by atoms with E-state index >= 15 is 0 Å². The first-order chi connectivity index (χ1) is 13.2. The molecule has 0 unspecified atom stereocenters. The highest BCUT2D eigenvalue weighted by Crippen LogP contribution is 2.15. The van der Waals surface area contributed by atoms with E-state index in [1.807, 2.05) is 44.3 Å². The second-order valence-electron chi connectivity index (χ2n) is 5.77. The molecule has 1 aromatic carbocycles. The first kappa shape index (κ1) is 18.5. The molecule has 0 aliphatic heterocycles. The van der Waals surface area contributed by atoms with E-state index < -0.39 is 0 Å². The molecule has 2 N–H and O–H groups in total. The average Bonchev–Trinajstić information content (AvgIpc) is 3.17. The lowest BCUT2D eigenvalue weighted by atomic mass is 10.3. The van der Waals surface area contributed by atoms with E-state index in [1.165, 1.54) is 0 Å². The quantitative estimate of drug-likeness (QED) is 0.469. The van der Waals surface area contributed by atoms with Gasteiger partial charge in [0.15, 0.2) is 11.6 Å². The van der Waals surface area contributed by atoms with Gasteiger partial charge in [0.1, 0.15) is 11.5 Å². The summed E-state index contributed by atoms with van der Waals surface area (Å²) in [5.74, 6) is 1.96. The number of anilines is 1. The molecule has 0 saturated heterocycles. The standard InChI is InChI=1S/C19H22N6O2/c1-3-27-17-6-4-16(5-7-17)24-23-14(2)19-20-10-8-18(22-19)25-13-15(9-11-26)12-21-25/h4-8,10,12-13,24,26H,3,9,11H2,1-2H3/b23-14+. The van der Waals surface area contributed by atoms with Crippen molar-refractivity contribution in [3.63, 3.8) is 0 Å². The van der Waals surface area contributed by atoms with Gasteiger partial charge in [-0.15, -0.1) is 0 Å². The second-order valence-corrected chi connectivity index (χ2v) is 5.77. The molecule has 0 aliphatic rings. The molecule has 0 spiro atoms. The Bertz CT molecular complexity index is 905. The zero-order valence-electron chi connectivity index (χ0n) is 15.3. The number of ether oxygens (including phenoxy) is 1. The summed E-state index contributed by atoms with van der Waals surface area (Å²) >= 11 is 0. The Morgan fingerprint density at radius 1 is 1.26 bits per heavy atom. The van der Waals surface area contributed by atoms with Crippen LogP contribution in [0.25, 0.3) is 5.82 Å². The van der Waals surface area contributed by atoms with Crippen molar-refractivity contribution in [1.29, 1.82) is 0 Å². The Hall–Kier alpha value is -3.26. The van der Waals surface area contributed by atoms with E-state index in [0.29, 0.717) is 30.4 Å². The van der Waals surface area contributed by atoms with Crippen LogP contribution in [0.4, 0.5) is 5.69 Å². The molecular formula is C19H22N6O2. The molecule has 2 heterocycles. The summed E-state index contributed by atoms with van der Waals surface area (Å²) in [7, 11) is 0. The third-order valence-electron chi connectivity index (χ3n) is 3.75. The van der Waals surface area contributed by atoms with Crippen LogP contribution in [0.15, 0.2) is 54.0 Å². The number of aromatic nitrogens is 4. The summed E-state index contributed by atoms with van der Waals surface area (Å²) in [6, 6.07) is 9.33. The summed E-state index contributed by atoms with van der Waals surface area (Å²) in [6.45, 7) is 4.50. The number of rotatable bonds is 8. The van der Waals surface area contributed by atoms with Gasteiger partial charge >= 0.3 is 0 Å². The number of nitrogens with one attached hydrogen (secondary N) is 1. The molecule has 0 atom stereocenters. The summed E-state index contributed by atoms with van der Waals surface area (Å²) in [5.41, 5.74) is 5.43. The molecule has 8 heteroatoms. The molecule has 27 heavy (non-hydrogen) atoms. The molecule has 140 valence electrons. The Labute approximate surface area is 157 Å². The number of hydrazone groups is 1. The number of hydrogen-bond donors (Lipinski definition) is 2. The smallest absolute Gasteiger partial charge is 0.177 e. The summed E-state index contributed by atoms with van der Waals surface area (Å²) in [4.78, 5) is 8.78. The van der Waals surface area contributed by atoms with Crippen LogP contribution in [0.5, 0.6) is 5.75 Å². The van der Waals surface area contributed by atoms with E-state index in [9.17, 15) is 0 Å². The van der Waals surface area contributed by atoms with Crippen LogP contribution in [0.2, 0.25) is 0 Å². The maximum atomic E-state index is 9.02. The van der Waals surface area contributed by atoms with Crippen LogP contribution in [0.3, 0.4) is 0 Å². The maximum Gasteiger partial charge on any atom is 0.177 e. The molecule has 3 rings (SSSR count). The predicted octanol–water partition coefficient (Wildman–Crippen LogP) is 2.43. The molecule has 8 nitrogen and oxygen atoms in total. The van der Waals surface area contributed by atoms with Crippen molar-refractivity contribution in [2.75, 3.05) is 18.6 Å². The fourth-order valence-electron chi connectivity index (χ4n) is 2.39. The molecule has 0 bridgehead atoms. The van der Waals surface area contributed by atoms with Gasteiger partial charge in [0, 0.05) is 25.1 Å². The SMILES string of the molecule is CCOc1ccc(N/N=C(\C)c2nccc(-n3cc(CCO)cn3)n2)cc1. The Kier molecular flexibility index (Phi) is 6.11. The lowest BCUT2D eigenvalue weighted by Gasteiger charge is -2.06. The van der Waals surface area contributed by atoms with Crippen molar-refractivity contribution in [3.05, 3.63) is 60.3 Å². The van der Waals surface area contributed by atoms with Crippen LogP contribution in [0.1, 0.15) is 25.2 Å². The lowest BCUT2D eigenvalue weighted by Crippen LogP contribution is -2.08. The zero-order chi connectivity index (χ0) is 19.1. The van der Waals surface area contributed by atoms with Crippen molar-refractivity contribution in [1.82, 2.24) is 19.7 Å². The second kappa shape index (κ2) is 8.91. The Morgan fingerprint density at radius 3 is 2.81 bits per heavy atom. The minimum atomic E-state index is 0.0870. The minimum Gasteiger partial charge on any atom is -0.494 e. The van der Waals surface area contributed by atoms with Crippen molar-refractivity contribution < 1.29 is 9.84 Å². The zero-order valence-corrected chi connectivity index (χ0v) is 15.3. The van der Waals surface area contributed by atoms with Crippen LogP contribution in [0, 0.1) is 0 Å². The van der Waals surface area contributed by atoms with Gasteiger partial charge in [-0.05, 0) is 50.1 Å². The van der Waals surface area contributed by atoms with Gasteiger partial charge in [-0.2, -0.15) is 10.2 Å². The van der Waals surface area contributed by atoms with Crippen LogP contribution >= 0.6 is 0 Å². The summed E-state index contributed by atoms with van der Waals surface area (Å²) in [5, 5.41) is 17.6. The molecule has 0 amide bonds. The monoisotopic (exact) mass is 366 g/mol. The number of hydrogen-bond acceptors (Lipinski definition) is 7. The fraction of sp³-hybridized carbons (Fsp3) is 0.263. The van der Waals surface area contributed by atoms with Crippen molar-refractivity contribution in [2.24, 2.45) is 5.10 Å². The number of aliphatic hydroxyl groups is 1. The maximum absolute atomic E-state index is 9.02. The van der Waals surface area contributed by atoms with Gasteiger partial charge in [0.05, 0.1) is 18.5 Å². The fourth-order valence-corrected chi connectivity index (χ4v) is 2.39. The molecule has 3 aromatic rings. The van der Waals surface area contributed by atoms with E-state index in [1.54, 1.807) is 23.1 Å². The summed E-state index contributed by atoms with van der Waals surface area (Å²) < 4.78 is 7.08. The van der Waals surface area contributed by atoms with Crippen molar-refractivity contribution in [2.45, 2.75) is 20.3 Å². The molecule has 0 fully saturated rings. The minimum absolute atomic E-state index is 0.0870. The van der Waals surface area contributed by atoms with Crippen LogP contribution in [-0.2, 0) is 6.42 Å². The first-order valence-electron chi connectivity index (χ1n) is 8.71. The van der Waals surface area contributed by atoms with E-state index in [0.717, 1.165) is 17.0 Å². The lowest BCUT2D eigenvalue weighted by molar-refractivity contribution is 0.299. The molecule has 2 aromatic heterocycles. The predicted molar refractivity (Wildman–Crippen MR) is 103 cm³/mol.